The van der Waals surface area contributed by atoms with Crippen LogP contribution in [0.5, 0.6) is 0 Å². The molecule has 0 fully saturated rings. The lowest BCUT2D eigenvalue weighted by molar-refractivity contribution is 0.473. The second kappa shape index (κ2) is 5.01. The summed E-state index contributed by atoms with van der Waals surface area (Å²) in [5.74, 6) is 2.17. The van der Waals surface area contributed by atoms with Crippen LogP contribution in [0.1, 0.15) is 54.4 Å². The first-order valence-corrected chi connectivity index (χ1v) is 6.33. The standard InChI is InChI=1S/C15H26/c1-10(2)13(6)15-9-12(5)7-8-14(15)11(3)4/h9-11,13H,7-8H2,1-6H3. The monoisotopic (exact) mass is 206 g/mol. The van der Waals surface area contributed by atoms with Crippen molar-refractivity contribution in [1.29, 1.82) is 0 Å². The molecule has 86 valence electrons. The van der Waals surface area contributed by atoms with Gasteiger partial charge in [0, 0.05) is 0 Å². The molecule has 0 nitrogen and oxygen atoms in total. The third-order valence-corrected chi connectivity index (χ3v) is 3.75. The number of hydrogen-bond donors (Lipinski definition) is 0. The summed E-state index contributed by atoms with van der Waals surface area (Å²) in [6.45, 7) is 14.0. The van der Waals surface area contributed by atoms with E-state index in [1.165, 1.54) is 12.8 Å². The summed E-state index contributed by atoms with van der Waals surface area (Å²) in [6, 6.07) is 0. The Morgan fingerprint density at radius 3 is 2.07 bits per heavy atom. The van der Waals surface area contributed by atoms with E-state index in [-0.39, 0.29) is 0 Å². The average Bonchev–Trinajstić information content (AvgIpc) is 2.15. The molecule has 0 heteroatoms. The van der Waals surface area contributed by atoms with Gasteiger partial charge < -0.3 is 0 Å². The number of hydrogen-bond acceptors (Lipinski definition) is 0. The van der Waals surface area contributed by atoms with Crippen LogP contribution in [0.15, 0.2) is 22.8 Å². The Morgan fingerprint density at radius 1 is 1.00 bits per heavy atom. The summed E-state index contributed by atoms with van der Waals surface area (Å²) >= 11 is 0. The lowest BCUT2D eigenvalue weighted by Crippen LogP contribution is -2.14. The highest BCUT2D eigenvalue weighted by Crippen LogP contribution is 2.35. The minimum Gasteiger partial charge on any atom is -0.0727 e. The van der Waals surface area contributed by atoms with Crippen molar-refractivity contribution in [1.82, 2.24) is 0 Å². The predicted octanol–water partition coefficient (Wildman–Crippen LogP) is 4.97. The Balaban J connectivity index is 3.05. The van der Waals surface area contributed by atoms with Gasteiger partial charge in [-0.1, -0.05) is 51.8 Å². The molecule has 0 N–H and O–H groups in total. The third-order valence-electron chi connectivity index (χ3n) is 3.75. The highest BCUT2D eigenvalue weighted by molar-refractivity contribution is 5.35. The zero-order chi connectivity index (χ0) is 11.6. The maximum Gasteiger partial charge on any atom is -0.0168 e. The first kappa shape index (κ1) is 12.5. The van der Waals surface area contributed by atoms with Gasteiger partial charge in [0.2, 0.25) is 0 Å². The Bertz CT molecular complexity index is 276. The first-order valence-electron chi connectivity index (χ1n) is 6.33. The molecule has 0 heterocycles. The van der Waals surface area contributed by atoms with Crippen molar-refractivity contribution in [2.75, 3.05) is 0 Å². The Kier molecular flexibility index (Phi) is 4.19. The number of allylic oxidation sites excluding steroid dienone is 4. The molecule has 0 spiro atoms. The van der Waals surface area contributed by atoms with Crippen molar-refractivity contribution in [2.45, 2.75) is 54.4 Å². The summed E-state index contributed by atoms with van der Waals surface area (Å²) in [7, 11) is 0. The number of rotatable bonds is 3. The molecular weight excluding hydrogens is 180 g/mol. The van der Waals surface area contributed by atoms with Crippen LogP contribution in [0.25, 0.3) is 0 Å². The normalized spacial score (nSPS) is 19.9. The second-order valence-electron chi connectivity index (χ2n) is 5.66. The van der Waals surface area contributed by atoms with Crippen LogP contribution in [0.3, 0.4) is 0 Å². The third kappa shape index (κ3) is 2.96. The predicted molar refractivity (Wildman–Crippen MR) is 68.9 cm³/mol. The van der Waals surface area contributed by atoms with Gasteiger partial charge in [0.15, 0.2) is 0 Å². The molecule has 0 saturated carbocycles. The van der Waals surface area contributed by atoms with Crippen LogP contribution >= 0.6 is 0 Å². The maximum absolute atomic E-state index is 2.45. The largest absolute Gasteiger partial charge is 0.0727 e. The van der Waals surface area contributed by atoms with Crippen molar-refractivity contribution >= 4 is 0 Å². The van der Waals surface area contributed by atoms with Crippen LogP contribution < -0.4 is 0 Å². The molecule has 0 bridgehead atoms. The lowest BCUT2D eigenvalue weighted by atomic mass is 9.78. The van der Waals surface area contributed by atoms with Gasteiger partial charge in [0.05, 0.1) is 0 Å². The van der Waals surface area contributed by atoms with Gasteiger partial charge in [-0.25, -0.2) is 0 Å². The summed E-state index contributed by atoms with van der Waals surface area (Å²) < 4.78 is 0. The van der Waals surface area contributed by atoms with Gasteiger partial charge in [-0.3, -0.25) is 0 Å². The van der Waals surface area contributed by atoms with E-state index < -0.39 is 0 Å². The molecule has 0 amide bonds. The van der Waals surface area contributed by atoms with Crippen molar-refractivity contribution in [2.24, 2.45) is 17.8 Å². The maximum atomic E-state index is 2.45. The quantitative estimate of drug-likeness (QED) is 0.611. The van der Waals surface area contributed by atoms with E-state index in [1.807, 2.05) is 0 Å². The lowest BCUT2D eigenvalue weighted by Gasteiger charge is -2.27. The highest BCUT2D eigenvalue weighted by Gasteiger charge is 2.20. The van der Waals surface area contributed by atoms with Crippen molar-refractivity contribution in [3.05, 3.63) is 22.8 Å². The van der Waals surface area contributed by atoms with Gasteiger partial charge in [-0.2, -0.15) is 0 Å². The smallest absolute Gasteiger partial charge is 0.0168 e. The molecule has 1 rings (SSSR count). The minimum atomic E-state index is 0.706. The Morgan fingerprint density at radius 2 is 1.60 bits per heavy atom. The molecule has 0 aromatic carbocycles. The van der Waals surface area contributed by atoms with Gasteiger partial charge in [0.25, 0.3) is 0 Å². The Labute approximate surface area is 95.5 Å². The Hall–Kier alpha value is -0.520. The summed E-state index contributed by atoms with van der Waals surface area (Å²) in [6.07, 6.45) is 5.00. The fourth-order valence-electron chi connectivity index (χ4n) is 2.31. The average molecular weight is 206 g/mol. The SMILES string of the molecule is CC1=CC(C(C)C(C)C)=C(C(C)C)CC1. The zero-order valence-electron chi connectivity index (χ0n) is 11.2. The topological polar surface area (TPSA) is 0 Å². The fourth-order valence-corrected chi connectivity index (χ4v) is 2.31. The van der Waals surface area contributed by atoms with E-state index in [1.54, 1.807) is 16.7 Å². The molecule has 1 unspecified atom stereocenters. The molecule has 1 aliphatic rings. The van der Waals surface area contributed by atoms with Crippen molar-refractivity contribution in [3.8, 4) is 0 Å². The molecule has 0 saturated heterocycles. The second-order valence-corrected chi connectivity index (χ2v) is 5.66. The van der Waals surface area contributed by atoms with Crippen LogP contribution in [0.2, 0.25) is 0 Å². The zero-order valence-corrected chi connectivity index (χ0v) is 11.2. The van der Waals surface area contributed by atoms with E-state index in [2.05, 4.69) is 47.6 Å². The van der Waals surface area contributed by atoms with E-state index in [4.69, 9.17) is 0 Å². The van der Waals surface area contributed by atoms with E-state index in [0.29, 0.717) is 11.8 Å². The minimum absolute atomic E-state index is 0.706. The van der Waals surface area contributed by atoms with Crippen LogP contribution in [-0.2, 0) is 0 Å². The van der Waals surface area contributed by atoms with E-state index >= 15 is 0 Å². The van der Waals surface area contributed by atoms with E-state index in [0.717, 1.165) is 5.92 Å². The molecule has 0 aromatic rings. The summed E-state index contributed by atoms with van der Waals surface area (Å²) in [5.41, 5.74) is 4.88. The van der Waals surface area contributed by atoms with Crippen LogP contribution in [-0.4, -0.2) is 0 Å². The molecule has 0 aromatic heterocycles. The molecular formula is C15H26. The van der Waals surface area contributed by atoms with Gasteiger partial charge in [-0.15, -0.1) is 0 Å². The molecule has 1 aliphatic carbocycles. The van der Waals surface area contributed by atoms with Gasteiger partial charge in [0.1, 0.15) is 0 Å². The van der Waals surface area contributed by atoms with Crippen molar-refractivity contribution in [3.63, 3.8) is 0 Å². The van der Waals surface area contributed by atoms with Crippen LogP contribution in [0, 0.1) is 17.8 Å². The molecule has 1 atom stereocenters. The van der Waals surface area contributed by atoms with Gasteiger partial charge in [-0.05, 0) is 43.1 Å². The van der Waals surface area contributed by atoms with Crippen LogP contribution in [0.4, 0.5) is 0 Å². The summed E-state index contributed by atoms with van der Waals surface area (Å²) in [5, 5.41) is 0. The van der Waals surface area contributed by atoms with E-state index in [9.17, 15) is 0 Å². The molecule has 0 aliphatic heterocycles. The molecule has 15 heavy (non-hydrogen) atoms. The van der Waals surface area contributed by atoms with Crippen molar-refractivity contribution < 1.29 is 0 Å². The molecule has 0 radical (unpaired) electrons. The highest BCUT2D eigenvalue weighted by atomic mass is 14.3. The fraction of sp³-hybridized carbons (Fsp3) is 0.733. The summed E-state index contributed by atoms with van der Waals surface area (Å²) in [4.78, 5) is 0. The first-order chi connectivity index (χ1) is 6.93. The van der Waals surface area contributed by atoms with Gasteiger partial charge >= 0.3 is 0 Å².